The number of methoxy groups -OCH3 is 1. The summed E-state index contributed by atoms with van der Waals surface area (Å²) in [6, 6.07) is 5.87. The number of rotatable bonds is 3. The Bertz CT molecular complexity index is 1340. The molecular weight excluding hydrogens is 501 g/mol. The van der Waals surface area contributed by atoms with Gasteiger partial charge in [-0.15, -0.1) is 0 Å². The van der Waals surface area contributed by atoms with Crippen LogP contribution in [0.2, 0.25) is 0 Å². The Morgan fingerprint density at radius 1 is 1.35 bits per heavy atom. The first kappa shape index (κ1) is 23.0. The molecule has 8 heteroatoms. The summed E-state index contributed by atoms with van der Waals surface area (Å²) >= 11 is 3.70. The fourth-order valence-electron chi connectivity index (χ4n) is 6.36. The first-order chi connectivity index (χ1) is 16.2. The topological polar surface area (TPSA) is 87.6 Å². The standard InChI is InChI=1S/C26H27BrFN3O3/c1-25-9-4-10-26(2,23(33)34-3)20(25)8-6-16-17(25)12-18(27)22-21(16)30-24(31-22)29-13-14-11-15(28)5-7-19(14)32/h5,7,11-13,20,32H,4,6,8-10H2,1-3H3,(H,30,31)/b29-13+/t20-,25-,26-/m1/s1. The third-order valence-electron chi connectivity index (χ3n) is 8.01. The first-order valence-corrected chi connectivity index (χ1v) is 12.3. The number of phenolic OH excluding ortho intramolecular Hbond substituents is 1. The lowest BCUT2D eigenvalue weighted by atomic mass is 9.50. The Hall–Kier alpha value is -2.74. The van der Waals surface area contributed by atoms with Crippen molar-refractivity contribution in [3.05, 3.63) is 51.2 Å². The van der Waals surface area contributed by atoms with Crippen molar-refractivity contribution < 1.29 is 19.0 Å². The minimum Gasteiger partial charge on any atom is -0.507 e. The molecule has 3 aromatic rings. The fraction of sp³-hybridized carbons (Fsp3) is 0.423. The molecule has 2 aliphatic carbocycles. The van der Waals surface area contributed by atoms with Gasteiger partial charge in [0, 0.05) is 16.3 Å². The predicted octanol–water partition coefficient (Wildman–Crippen LogP) is 6.10. The Labute approximate surface area is 205 Å². The van der Waals surface area contributed by atoms with Crippen molar-refractivity contribution >= 4 is 45.1 Å². The number of aromatic hydroxyl groups is 1. The molecule has 178 valence electrons. The van der Waals surface area contributed by atoms with Crippen molar-refractivity contribution in [3.63, 3.8) is 0 Å². The molecule has 1 heterocycles. The zero-order valence-corrected chi connectivity index (χ0v) is 21.0. The average molecular weight is 528 g/mol. The number of carbonyl (C=O) groups is 1. The van der Waals surface area contributed by atoms with Gasteiger partial charge in [0.25, 0.3) is 0 Å². The third kappa shape index (κ3) is 3.45. The molecule has 1 aromatic heterocycles. The number of benzene rings is 2. The monoisotopic (exact) mass is 527 g/mol. The Kier molecular flexibility index (Phi) is 5.54. The number of esters is 1. The van der Waals surface area contributed by atoms with Crippen molar-refractivity contribution in [2.75, 3.05) is 7.11 Å². The van der Waals surface area contributed by atoms with Gasteiger partial charge < -0.3 is 14.8 Å². The molecule has 1 saturated carbocycles. The number of aromatic nitrogens is 2. The summed E-state index contributed by atoms with van der Waals surface area (Å²) in [6.45, 7) is 4.33. The SMILES string of the molecule is COC(=O)[C@]1(C)CCC[C@]2(C)c3cc(Br)c4nc(/N=C/c5cc(F)ccc5O)[nH]c4c3CC[C@@H]12. The molecule has 2 N–H and O–H groups in total. The molecule has 6 nitrogen and oxygen atoms in total. The van der Waals surface area contributed by atoms with Crippen molar-refractivity contribution in [1.82, 2.24) is 9.97 Å². The van der Waals surface area contributed by atoms with E-state index in [-0.39, 0.29) is 28.6 Å². The molecule has 3 atom stereocenters. The summed E-state index contributed by atoms with van der Waals surface area (Å²) in [6.07, 6.45) is 5.92. The van der Waals surface area contributed by atoms with Crippen LogP contribution in [0.25, 0.3) is 11.0 Å². The summed E-state index contributed by atoms with van der Waals surface area (Å²) in [5, 5.41) is 9.96. The van der Waals surface area contributed by atoms with Crippen molar-refractivity contribution in [2.45, 2.75) is 51.4 Å². The number of halogens is 2. The van der Waals surface area contributed by atoms with Crippen LogP contribution in [0.1, 0.15) is 56.2 Å². The lowest BCUT2D eigenvalue weighted by Gasteiger charge is -2.54. The molecule has 2 aromatic carbocycles. The summed E-state index contributed by atoms with van der Waals surface area (Å²) in [7, 11) is 1.48. The van der Waals surface area contributed by atoms with Gasteiger partial charge in [-0.3, -0.25) is 4.79 Å². The molecule has 34 heavy (non-hydrogen) atoms. The third-order valence-corrected chi connectivity index (χ3v) is 8.62. The molecule has 0 bridgehead atoms. The van der Waals surface area contributed by atoms with Gasteiger partial charge in [-0.2, -0.15) is 0 Å². The number of aryl methyl sites for hydroxylation is 1. The van der Waals surface area contributed by atoms with Gasteiger partial charge in [0.2, 0.25) is 5.95 Å². The Balaban J connectivity index is 1.58. The lowest BCUT2D eigenvalue weighted by molar-refractivity contribution is -0.161. The highest BCUT2D eigenvalue weighted by Gasteiger charge is 2.56. The second-order valence-corrected chi connectivity index (χ2v) is 10.8. The highest BCUT2D eigenvalue weighted by molar-refractivity contribution is 9.10. The quantitative estimate of drug-likeness (QED) is 0.318. The molecule has 0 amide bonds. The number of nitrogens with one attached hydrogen (secondary N) is 1. The number of fused-ring (bicyclic) bond motifs is 5. The van der Waals surface area contributed by atoms with E-state index in [9.17, 15) is 14.3 Å². The molecule has 0 saturated heterocycles. The van der Waals surface area contributed by atoms with Crippen LogP contribution in [0.5, 0.6) is 5.75 Å². The van der Waals surface area contributed by atoms with E-state index in [0.717, 1.165) is 47.6 Å². The van der Waals surface area contributed by atoms with Crippen LogP contribution in [-0.4, -0.2) is 34.4 Å². The molecule has 0 unspecified atom stereocenters. The molecular formula is C26H27BrFN3O3. The number of H-pyrrole nitrogens is 1. The second-order valence-electron chi connectivity index (χ2n) is 9.90. The summed E-state index contributed by atoms with van der Waals surface area (Å²) in [4.78, 5) is 25.1. The van der Waals surface area contributed by atoms with Crippen molar-refractivity contribution in [1.29, 1.82) is 0 Å². The second kappa shape index (κ2) is 8.18. The zero-order valence-electron chi connectivity index (χ0n) is 19.4. The van der Waals surface area contributed by atoms with Crippen LogP contribution in [0.15, 0.2) is 33.7 Å². The number of hydrogen-bond donors (Lipinski definition) is 2. The predicted molar refractivity (Wildman–Crippen MR) is 132 cm³/mol. The van der Waals surface area contributed by atoms with E-state index in [1.165, 1.54) is 42.7 Å². The van der Waals surface area contributed by atoms with Gasteiger partial charge in [-0.25, -0.2) is 14.4 Å². The van der Waals surface area contributed by atoms with E-state index in [4.69, 9.17) is 4.74 Å². The summed E-state index contributed by atoms with van der Waals surface area (Å²) < 4.78 is 19.6. The fourth-order valence-corrected chi connectivity index (χ4v) is 6.87. The van der Waals surface area contributed by atoms with Gasteiger partial charge >= 0.3 is 5.97 Å². The number of nitrogens with zero attached hydrogens (tertiary/aromatic N) is 2. The van der Waals surface area contributed by atoms with Crippen LogP contribution in [0.3, 0.4) is 0 Å². The highest BCUT2D eigenvalue weighted by atomic mass is 79.9. The normalized spacial score (nSPS) is 26.4. The van der Waals surface area contributed by atoms with Crippen molar-refractivity contribution in [3.8, 4) is 5.75 Å². The number of hydrogen-bond acceptors (Lipinski definition) is 5. The van der Waals surface area contributed by atoms with Crippen LogP contribution in [-0.2, 0) is 21.4 Å². The number of imidazole rings is 1. The van der Waals surface area contributed by atoms with Crippen LogP contribution in [0, 0.1) is 17.2 Å². The maximum absolute atomic E-state index is 13.5. The van der Waals surface area contributed by atoms with E-state index >= 15 is 0 Å². The zero-order chi connectivity index (χ0) is 24.3. The van der Waals surface area contributed by atoms with Gasteiger partial charge in [-0.1, -0.05) is 13.3 Å². The summed E-state index contributed by atoms with van der Waals surface area (Å²) in [5.41, 5.74) is 3.76. The summed E-state index contributed by atoms with van der Waals surface area (Å²) in [5.74, 6) is -0.0528. The van der Waals surface area contributed by atoms with Crippen LogP contribution in [0.4, 0.5) is 10.3 Å². The molecule has 1 fully saturated rings. The molecule has 5 rings (SSSR count). The number of phenols is 1. The molecule has 2 aliphatic rings. The number of ether oxygens (including phenoxy) is 1. The van der Waals surface area contributed by atoms with Gasteiger partial charge in [-0.05, 0) is 95.3 Å². The minimum absolute atomic E-state index is 0.0512. The number of aliphatic imine (C=N–C) groups is 1. The van der Waals surface area contributed by atoms with E-state index in [2.05, 4.69) is 50.8 Å². The van der Waals surface area contributed by atoms with E-state index in [1.54, 1.807) is 0 Å². The van der Waals surface area contributed by atoms with Crippen LogP contribution < -0.4 is 0 Å². The van der Waals surface area contributed by atoms with Crippen molar-refractivity contribution in [2.24, 2.45) is 16.3 Å². The highest BCUT2D eigenvalue weighted by Crippen LogP contribution is 2.58. The van der Waals surface area contributed by atoms with E-state index in [0.29, 0.717) is 5.95 Å². The maximum atomic E-state index is 13.5. The Morgan fingerprint density at radius 3 is 2.91 bits per heavy atom. The van der Waals surface area contributed by atoms with Gasteiger partial charge in [0.15, 0.2) is 0 Å². The number of carbonyl (C=O) groups excluding carboxylic acids is 1. The van der Waals surface area contributed by atoms with Gasteiger partial charge in [0.1, 0.15) is 17.1 Å². The molecule has 0 spiro atoms. The van der Waals surface area contributed by atoms with E-state index < -0.39 is 11.2 Å². The van der Waals surface area contributed by atoms with Gasteiger partial charge in [0.05, 0.1) is 18.0 Å². The van der Waals surface area contributed by atoms with Crippen LogP contribution >= 0.6 is 15.9 Å². The molecule has 0 aliphatic heterocycles. The maximum Gasteiger partial charge on any atom is 0.311 e. The largest absolute Gasteiger partial charge is 0.507 e. The first-order valence-electron chi connectivity index (χ1n) is 11.5. The lowest BCUT2D eigenvalue weighted by Crippen LogP contribution is -2.52. The smallest absolute Gasteiger partial charge is 0.311 e. The minimum atomic E-state index is -0.503. The Morgan fingerprint density at radius 2 is 2.15 bits per heavy atom. The number of aromatic amines is 1. The van der Waals surface area contributed by atoms with E-state index in [1.807, 2.05) is 0 Å². The molecule has 0 radical (unpaired) electrons. The average Bonchev–Trinajstić information content (AvgIpc) is 3.25.